The molecule has 0 aliphatic rings. The summed E-state index contributed by atoms with van der Waals surface area (Å²) in [4.78, 5) is 12.8. The van der Waals surface area contributed by atoms with Gasteiger partial charge in [-0.15, -0.1) is 6.42 Å². The lowest BCUT2D eigenvalue weighted by Crippen LogP contribution is -2.31. The van der Waals surface area contributed by atoms with Gasteiger partial charge in [0.2, 0.25) is 5.91 Å². The third-order valence-corrected chi connectivity index (χ3v) is 1.72. The van der Waals surface area contributed by atoms with Crippen LogP contribution in [0.1, 0.15) is 13.3 Å². The van der Waals surface area contributed by atoms with E-state index in [-0.39, 0.29) is 5.91 Å². The van der Waals surface area contributed by atoms with Gasteiger partial charge in [-0.25, -0.2) is 0 Å². The minimum absolute atomic E-state index is 0.113. The number of rotatable bonds is 4. The van der Waals surface area contributed by atoms with Gasteiger partial charge in [0.25, 0.3) is 0 Å². The second-order valence-electron chi connectivity index (χ2n) is 2.05. The Bertz CT molecular complexity index is 162. The zero-order valence-corrected chi connectivity index (χ0v) is 8.23. The van der Waals surface area contributed by atoms with Crippen LogP contribution < -0.4 is 0 Å². The largest absolute Gasteiger partial charge is 0.332 e. The first kappa shape index (κ1) is 10.5. The molecule has 62 valence electrons. The molecule has 3 heteroatoms. The lowest BCUT2D eigenvalue weighted by atomic mass is 10.4. The Morgan fingerprint density at radius 1 is 1.73 bits per heavy atom. The van der Waals surface area contributed by atoms with Crippen molar-refractivity contribution in [2.75, 3.05) is 18.4 Å². The molecule has 0 fully saturated rings. The summed E-state index contributed by atoms with van der Waals surface area (Å²) in [6.45, 7) is 3.03. The molecule has 0 bridgehead atoms. The van der Waals surface area contributed by atoms with Crippen molar-refractivity contribution in [3.63, 3.8) is 0 Å². The number of halogens is 1. The van der Waals surface area contributed by atoms with Gasteiger partial charge < -0.3 is 4.90 Å². The molecule has 0 spiro atoms. The summed E-state index contributed by atoms with van der Waals surface area (Å²) in [5.41, 5.74) is 0. The van der Waals surface area contributed by atoms with E-state index in [0.717, 1.165) is 0 Å². The van der Waals surface area contributed by atoms with E-state index in [4.69, 9.17) is 6.42 Å². The Balaban J connectivity index is 3.83. The predicted molar refractivity (Wildman–Crippen MR) is 49.5 cm³/mol. The first-order valence-corrected chi connectivity index (χ1v) is 4.65. The highest BCUT2D eigenvalue weighted by atomic mass is 79.9. The quantitative estimate of drug-likeness (QED) is 0.513. The van der Waals surface area contributed by atoms with Crippen LogP contribution in [0.4, 0.5) is 0 Å². The molecule has 0 aliphatic heterocycles. The normalized spacial score (nSPS) is 8.82. The van der Waals surface area contributed by atoms with Crippen molar-refractivity contribution < 1.29 is 4.79 Å². The highest BCUT2D eigenvalue weighted by Crippen LogP contribution is 1.95. The van der Waals surface area contributed by atoms with Crippen LogP contribution in [-0.2, 0) is 4.79 Å². The summed E-state index contributed by atoms with van der Waals surface area (Å²) in [5.74, 6) is 2.56. The second kappa shape index (κ2) is 6.23. The molecule has 0 rings (SSSR count). The number of hydrogen-bond donors (Lipinski definition) is 0. The highest BCUT2D eigenvalue weighted by molar-refractivity contribution is 9.09. The standard InChI is InChI=1S/C8H12BrNO/c1-3-7-10(4-2)8(11)5-6-9/h1H,4-7H2,2H3. The third-order valence-electron chi connectivity index (χ3n) is 1.32. The number of nitrogens with zero attached hydrogens (tertiary/aromatic N) is 1. The Labute approximate surface area is 76.1 Å². The Morgan fingerprint density at radius 3 is 2.73 bits per heavy atom. The SMILES string of the molecule is C#CCN(CC)C(=O)CCBr. The van der Waals surface area contributed by atoms with E-state index in [1.54, 1.807) is 4.90 Å². The van der Waals surface area contributed by atoms with Gasteiger partial charge in [0.15, 0.2) is 0 Å². The summed E-state index contributed by atoms with van der Waals surface area (Å²) < 4.78 is 0. The van der Waals surface area contributed by atoms with Gasteiger partial charge in [0, 0.05) is 18.3 Å². The van der Waals surface area contributed by atoms with Gasteiger partial charge in [-0.2, -0.15) is 0 Å². The van der Waals surface area contributed by atoms with Crippen LogP contribution in [-0.4, -0.2) is 29.2 Å². The van der Waals surface area contributed by atoms with Gasteiger partial charge in [-0.1, -0.05) is 21.9 Å². The van der Waals surface area contributed by atoms with Gasteiger partial charge in [0.1, 0.15) is 0 Å². The Morgan fingerprint density at radius 2 is 2.36 bits per heavy atom. The maximum Gasteiger partial charge on any atom is 0.224 e. The molecular weight excluding hydrogens is 206 g/mol. The van der Waals surface area contributed by atoms with Gasteiger partial charge in [-0.05, 0) is 6.92 Å². The van der Waals surface area contributed by atoms with E-state index >= 15 is 0 Å². The molecule has 0 aliphatic carbocycles. The fraction of sp³-hybridized carbons (Fsp3) is 0.625. The van der Waals surface area contributed by atoms with Crippen LogP contribution >= 0.6 is 15.9 Å². The van der Waals surface area contributed by atoms with Gasteiger partial charge in [0.05, 0.1) is 6.54 Å². The van der Waals surface area contributed by atoms with Crippen LogP contribution in [0.5, 0.6) is 0 Å². The molecule has 0 N–H and O–H groups in total. The van der Waals surface area contributed by atoms with E-state index < -0.39 is 0 Å². The summed E-state index contributed by atoms with van der Waals surface area (Å²) in [5, 5.41) is 0.701. The molecule has 0 atom stereocenters. The molecule has 0 aromatic rings. The molecule has 0 aromatic heterocycles. The molecule has 1 amide bonds. The van der Waals surface area contributed by atoms with Crippen molar-refractivity contribution in [1.82, 2.24) is 4.90 Å². The minimum Gasteiger partial charge on any atom is -0.332 e. The van der Waals surface area contributed by atoms with Gasteiger partial charge in [-0.3, -0.25) is 4.79 Å². The molecule has 0 radical (unpaired) electrons. The topological polar surface area (TPSA) is 20.3 Å². The van der Waals surface area contributed by atoms with E-state index in [9.17, 15) is 4.79 Å². The monoisotopic (exact) mass is 217 g/mol. The molecule has 0 saturated carbocycles. The maximum absolute atomic E-state index is 11.2. The highest BCUT2D eigenvalue weighted by Gasteiger charge is 2.07. The van der Waals surface area contributed by atoms with E-state index in [2.05, 4.69) is 21.9 Å². The molecular formula is C8H12BrNO. The number of amides is 1. The van der Waals surface area contributed by atoms with Crippen molar-refractivity contribution in [2.24, 2.45) is 0 Å². The summed E-state index contributed by atoms with van der Waals surface area (Å²) in [6, 6.07) is 0. The van der Waals surface area contributed by atoms with Crippen molar-refractivity contribution in [3.8, 4) is 12.3 Å². The predicted octanol–water partition coefficient (Wildman–Crippen LogP) is 1.25. The molecule has 2 nitrogen and oxygen atoms in total. The van der Waals surface area contributed by atoms with E-state index in [1.165, 1.54) is 0 Å². The first-order valence-electron chi connectivity index (χ1n) is 3.53. The van der Waals surface area contributed by atoms with Crippen LogP contribution in [0.3, 0.4) is 0 Å². The third kappa shape index (κ3) is 4.05. The average molecular weight is 218 g/mol. The Hall–Kier alpha value is -0.490. The lowest BCUT2D eigenvalue weighted by molar-refractivity contribution is -0.129. The van der Waals surface area contributed by atoms with E-state index in [0.29, 0.717) is 24.8 Å². The molecule has 0 unspecified atom stereocenters. The molecule has 0 heterocycles. The first-order chi connectivity index (χ1) is 5.26. The fourth-order valence-corrected chi connectivity index (χ4v) is 1.06. The van der Waals surface area contributed by atoms with Crippen molar-refractivity contribution in [3.05, 3.63) is 0 Å². The fourth-order valence-electron chi connectivity index (χ4n) is 0.725. The zero-order valence-electron chi connectivity index (χ0n) is 6.64. The van der Waals surface area contributed by atoms with Crippen molar-refractivity contribution in [2.45, 2.75) is 13.3 Å². The van der Waals surface area contributed by atoms with Crippen LogP contribution in [0.25, 0.3) is 0 Å². The van der Waals surface area contributed by atoms with Crippen LogP contribution in [0, 0.1) is 12.3 Å². The van der Waals surface area contributed by atoms with Crippen LogP contribution in [0.2, 0.25) is 0 Å². The van der Waals surface area contributed by atoms with Gasteiger partial charge >= 0.3 is 0 Å². The summed E-state index contributed by atoms with van der Waals surface area (Å²) >= 11 is 3.20. The second-order valence-corrected chi connectivity index (χ2v) is 2.84. The van der Waals surface area contributed by atoms with Crippen molar-refractivity contribution in [1.29, 1.82) is 0 Å². The summed E-state index contributed by atoms with van der Waals surface area (Å²) in [7, 11) is 0. The number of carbonyl (C=O) groups is 1. The molecule has 11 heavy (non-hydrogen) atoms. The number of carbonyl (C=O) groups excluding carboxylic acids is 1. The smallest absolute Gasteiger partial charge is 0.224 e. The zero-order chi connectivity index (χ0) is 8.69. The molecule has 0 aromatic carbocycles. The number of alkyl halides is 1. The van der Waals surface area contributed by atoms with E-state index in [1.807, 2.05) is 6.92 Å². The summed E-state index contributed by atoms with van der Waals surface area (Å²) in [6.07, 6.45) is 5.61. The minimum atomic E-state index is 0.113. The lowest BCUT2D eigenvalue weighted by Gasteiger charge is -2.16. The van der Waals surface area contributed by atoms with Crippen molar-refractivity contribution >= 4 is 21.8 Å². The number of terminal acetylenes is 1. The molecule has 0 saturated heterocycles. The Kier molecular flexibility index (Phi) is 5.96. The maximum atomic E-state index is 11.2. The average Bonchev–Trinajstić information content (AvgIpc) is 2.00. The van der Waals surface area contributed by atoms with Crippen LogP contribution in [0.15, 0.2) is 0 Å². The number of hydrogen-bond acceptors (Lipinski definition) is 1.